The Bertz CT molecular complexity index is 1430. The molecule has 0 N–H and O–H groups in total. The fourth-order valence-corrected chi connectivity index (χ4v) is 3.76. The summed E-state index contributed by atoms with van der Waals surface area (Å²) >= 11 is 0. The second kappa shape index (κ2) is 7.78. The van der Waals surface area contributed by atoms with Gasteiger partial charge < -0.3 is 0 Å². The third-order valence-electron chi connectivity index (χ3n) is 5.35. The Morgan fingerprint density at radius 1 is 1.03 bits per heavy atom. The van der Waals surface area contributed by atoms with E-state index in [-0.39, 0.29) is 22.9 Å². The zero-order valence-corrected chi connectivity index (χ0v) is 17.5. The minimum absolute atomic E-state index is 0.00962. The molecule has 0 unspecified atom stereocenters. The van der Waals surface area contributed by atoms with Gasteiger partial charge in [0, 0.05) is 18.7 Å². The number of aryl methyl sites for hydroxylation is 1. The molecular formula is C23H17F3N6O. The van der Waals surface area contributed by atoms with Gasteiger partial charge in [-0.2, -0.15) is 18.3 Å². The molecule has 1 saturated heterocycles. The highest BCUT2D eigenvalue weighted by atomic mass is 19.4. The molecular weight excluding hydrogens is 433 g/mol. The van der Waals surface area contributed by atoms with Crippen LogP contribution in [0.2, 0.25) is 0 Å². The standard InChI is InChI=1S/C23H17F3N6O/c1-15-22(23(24,25)26)28-19-12-10-16(29-32(15)19)9-11-18-27-20(30-13-5-8-21(30)33)14-31(18)17-6-3-2-4-7-17/h2-4,6-7,10,12,14H,5,8,13H2,1H3. The van der Waals surface area contributed by atoms with E-state index in [9.17, 15) is 18.0 Å². The Balaban J connectivity index is 1.56. The fourth-order valence-electron chi connectivity index (χ4n) is 3.76. The van der Waals surface area contributed by atoms with Gasteiger partial charge in [-0.15, -0.1) is 0 Å². The lowest BCUT2D eigenvalue weighted by molar-refractivity contribution is -0.141. The van der Waals surface area contributed by atoms with E-state index in [0.29, 0.717) is 24.6 Å². The third kappa shape index (κ3) is 3.82. The third-order valence-corrected chi connectivity index (χ3v) is 5.35. The van der Waals surface area contributed by atoms with Gasteiger partial charge in [0.1, 0.15) is 5.69 Å². The lowest BCUT2D eigenvalue weighted by atomic mass is 10.3. The highest BCUT2D eigenvalue weighted by molar-refractivity contribution is 5.94. The molecule has 5 rings (SSSR count). The number of fused-ring (bicyclic) bond motifs is 1. The summed E-state index contributed by atoms with van der Waals surface area (Å²) in [6, 6.07) is 12.4. The van der Waals surface area contributed by atoms with Crippen LogP contribution >= 0.6 is 0 Å². The van der Waals surface area contributed by atoms with Gasteiger partial charge in [0.2, 0.25) is 5.91 Å². The van der Waals surface area contributed by atoms with Crippen molar-refractivity contribution in [1.82, 2.24) is 24.1 Å². The van der Waals surface area contributed by atoms with Crippen molar-refractivity contribution in [3.8, 4) is 17.5 Å². The highest BCUT2D eigenvalue weighted by Gasteiger charge is 2.36. The minimum atomic E-state index is -4.56. The van der Waals surface area contributed by atoms with Gasteiger partial charge in [0.05, 0.1) is 11.9 Å². The predicted molar refractivity (Wildman–Crippen MR) is 114 cm³/mol. The number of carbonyl (C=O) groups is 1. The Kier molecular flexibility index (Phi) is 4.89. The maximum Gasteiger partial charge on any atom is 0.435 e. The smallest absolute Gasteiger partial charge is 0.295 e. The lowest BCUT2D eigenvalue weighted by Crippen LogP contribution is -2.23. The Labute approximate surface area is 186 Å². The van der Waals surface area contributed by atoms with Crippen LogP contribution in [0.1, 0.15) is 35.7 Å². The van der Waals surface area contributed by atoms with Gasteiger partial charge in [0.15, 0.2) is 23.0 Å². The van der Waals surface area contributed by atoms with E-state index < -0.39 is 11.9 Å². The Morgan fingerprint density at radius 2 is 1.82 bits per heavy atom. The number of para-hydroxylation sites is 1. The van der Waals surface area contributed by atoms with Crippen molar-refractivity contribution in [2.75, 3.05) is 11.4 Å². The molecule has 0 aliphatic carbocycles. The molecule has 4 aromatic rings. The average molecular weight is 450 g/mol. The number of rotatable bonds is 2. The number of imidazole rings is 2. The van der Waals surface area contributed by atoms with E-state index in [4.69, 9.17) is 0 Å². The topological polar surface area (TPSA) is 68.3 Å². The van der Waals surface area contributed by atoms with Crippen LogP contribution in [0, 0.1) is 18.8 Å². The van der Waals surface area contributed by atoms with Crippen molar-refractivity contribution in [3.05, 3.63) is 71.6 Å². The second-order valence-electron chi connectivity index (χ2n) is 7.56. The quantitative estimate of drug-likeness (QED) is 0.436. The number of amides is 1. The summed E-state index contributed by atoms with van der Waals surface area (Å²) in [4.78, 5) is 22.0. The molecule has 0 bridgehead atoms. The van der Waals surface area contributed by atoms with Crippen LogP contribution in [0.25, 0.3) is 11.3 Å². The van der Waals surface area contributed by atoms with Crippen LogP contribution in [-0.2, 0) is 11.0 Å². The molecule has 1 amide bonds. The molecule has 1 aromatic carbocycles. The maximum absolute atomic E-state index is 13.1. The van der Waals surface area contributed by atoms with Crippen LogP contribution in [-0.4, -0.2) is 36.6 Å². The molecule has 166 valence electrons. The number of nitrogens with zero attached hydrogens (tertiary/aromatic N) is 6. The van der Waals surface area contributed by atoms with Gasteiger partial charge in [-0.1, -0.05) is 18.2 Å². The largest absolute Gasteiger partial charge is 0.435 e. The first-order valence-electron chi connectivity index (χ1n) is 10.2. The van der Waals surface area contributed by atoms with Crippen molar-refractivity contribution in [2.45, 2.75) is 25.9 Å². The van der Waals surface area contributed by atoms with E-state index in [1.165, 1.54) is 19.1 Å². The van der Waals surface area contributed by atoms with Crippen molar-refractivity contribution in [1.29, 1.82) is 0 Å². The first-order valence-corrected chi connectivity index (χ1v) is 10.2. The van der Waals surface area contributed by atoms with Gasteiger partial charge in [0.25, 0.3) is 0 Å². The normalized spacial score (nSPS) is 14.1. The molecule has 10 heteroatoms. The molecule has 1 aliphatic heterocycles. The van der Waals surface area contributed by atoms with Crippen LogP contribution < -0.4 is 4.90 Å². The van der Waals surface area contributed by atoms with Crippen molar-refractivity contribution >= 4 is 17.4 Å². The Morgan fingerprint density at radius 3 is 2.52 bits per heavy atom. The summed E-state index contributed by atoms with van der Waals surface area (Å²) in [5.41, 5.74) is 0.0847. The summed E-state index contributed by atoms with van der Waals surface area (Å²) in [6.07, 6.45) is -1.55. The van der Waals surface area contributed by atoms with Gasteiger partial charge in [-0.05, 0) is 49.5 Å². The number of benzene rings is 1. The van der Waals surface area contributed by atoms with E-state index in [1.807, 2.05) is 30.3 Å². The van der Waals surface area contributed by atoms with Crippen LogP contribution in [0.15, 0.2) is 48.7 Å². The first-order chi connectivity index (χ1) is 15.8. The van der Waals surface area contributed by atoms with Crippen LogP contribution in [0.3, 0.4) is 0 Å². The molecule has 1 fully saturated rings. The number of aromatic nitrogens is 5. The summed E-state index contributed by atoms with van der Waals surface area (Å²) in [5, 5.41) is 4.20. The van der Waals surface area contributed by atoms with Gasteiger partial charge >= 0.3 is 6.18 Å². The molecule has 0 radical (unpaired) electrons. The number of halogens is 3. The van der Waals surface area contributed by atoms with Gasteiger partial charge in [-0.25, -0.2) is 14.5 Å². The molecule has 7 nitrogen and oxygen atoms in total. The van der Waals surface area contributed by atoms with Crippen LogP contribution in [0.4, 0.5) is 19.0 Å². The molecule has 4 heterocycles. The van der Waals surface area contributed by atoms with E-state index >= 15 is 0 Å². The molecule has 0 atom stereocenters. The Hall–Kier alpha value is -4.13. The predicted octanol–water partition coefficient (Wildman–Crippen LogP) is 3.77. The summed E-state index contributed by atoms with van der Waals surface area (Å²) in [5.74, 6) is 6.73. The number of carbonyl (C=O) groups excluding carboxylic acids is 1. The summed E-state index contributed by atoms with van der Waals surface area (Å²) in [7, 11) is 0. The number of hydrogen-bond donors (Lipinski definition) is 0. The highest BCUT2D eigenvalue weighted by Crippen LogP contribution is 2.31. The maximum atomic E-state index is 13.1. The van der Waals surface area contributed by atoms with Crippen molar-refractivity contribution in [2.24, 2.45) is 0 Å². The molecule has 3 aromatic heterocycles. The summed E-state index contributed by atoms with van der Waals surface area (Å²) < 4.78 is 42.4. The zero-order valence-electron chi connectivity index (χ0n) is 17.5. The lowest BCUT2D eigenvalue weighted by Gasteiger charge is -2.10. The zero-order chi connectivity index (χ0) is 23.2. The summed E-state index contributed by atoms with van der Waals surface area (Å²) in [6.45, 7) is 1.91. The van der Waals surface area contributed by atoms with Crippen LogP contribution in [0.5, 0.6) is 0 Å². The SMILES string of the molecule is Cc1c(C(F)(F)F)nc2ccc(C#Cc3nc(N4CCCC4=O)cn3-c3ccccc3)nn12. The molecule has 1 aliphatic rings. The molecule has 0 spiro atoms. The van der Waals surface area contributed by atoms with E-state index in [1.54, 1.807) is 15.7 Å². The van der Waals surface area contributed by atoms with E-state index in [0.717, 1.165) is 16.6 Å². The second-order valence-corrected chi connectivity index (χ2v) is 7.56. The van der Waals surface area contributed by atoms with Crippen molar-refractivity contribution < 1.29 is 18.0 Å². The van der Waals surface area contributed by atoms with Gasteiger partial charge in [-0.3, -0.25) is 14.3 Å². The number of alkyl halides is 3. The first kappa shape index (κ1) is 20.8. The fraction of sp³-hybridized carbons (Fsp3) is 0.217. The van der Waals surface area contributed by atoms with Crippen molar-refractivity contribution in [3.63, 3.8) is 0 Å². The average Bonchev–Trinajstić information content (AvgIpc) is 3.49. The number of hydrogen-bond acceptors (Lipinski definition) is 4. The van der Waals surface area contributed by atoms with E-state index in [2.05, 4.69) is 26.9 Å². The minimum Gasteiger partial charge on any atom is -0.295 e. The molecule has 0 saturated carbocycles. The molecule has 33 heavy (non-hydrogen) atoms. The number of anilines is 1. The monoisotopic (exact) mass is 450 g/mol.